The van der Waals surface area contributed by atoms with Gasteiger partial charge in [0.15, 0.2) is 0 Å². The van der Waals surface area contributed by atoms with Crippen molar-refractivity contribution in [2.75, 3.05) is 6.54 Å². The van der Waals surface area contributed by atoms with Crippen molar-refractivity contribution in [2.45, 2.75) is 38.5 Å². The van der Waals surface area contributed by atoms with Gasteiger partial charge in [0.05, 0.1) is 23.7 Å². The Morgan fingerprint density at radius 2 is 2.32 bits per heavy atom. The Kier molecular flexibility index (Phi) is 5.39. The zero-order chi connectivity index (χ0) is 14.8. The summed E-state index contributed by atoms with van der Waals surface area (Å²) in [5, 5.41) is 2.86. The van der Waals surface area contributed by atoms with E-state index in [1.807, 2.05) is 25.1 Å². The molecule has 2 atom stereocenters. The van der Waals surface area contributed by atoms with E-state index in [2.05, 4.69) is 15.3 Å². The number of hydrogen-bond donors (Lipinski definition) is 3. The van der Waals surface area contributed by atoms with Crippen LogP contribution >= 0.6 is 12.4 Å². The van der Waals surface area contributed by atoms with E-state index in [1.54, 1.807) is 0 Å². The Morgan fingerprint density at radius 1 is 1.50 bits per heavy atom. The van der Waals surface area contributed by atoms with Crippen LogP contribution in [0.15, 0.2) is 18.2 Å². The second kappa shape index (κ2) is 7.09. The van der Waals surface area contributed by atoms with Crippen molar-refractivity contribution in [3.05, 3.63) is 29.6 Å². The summed E-state index contributed by atoms with van der Waals surface area (Å²) in [5.74, 6) is 0.653. The van der Waals surface area contributed by atoms with Gasteiger partial charge in [0.2, 0.25) is 5.91 Å². The number of nitrogens with one attached hydrogen (secondary N) is 2. The third kappa shape index (κ3) is 3.58. The largest absolute Gasteiger partial charge is 0.364 e. The van der Waals surface area contributed by atoms with Gasteiger partial charge in [-0.25, -0.2) is 4.98 Å². The fourth-order valence-electron chi connectivity index (χ4n) is 2.62. The number of imidazole rings is 1. The summed E-state index contributed by atoms with van der Waals surface area (Å²) in [4.78, 5) is 19.7. The third-order valence-electron chi connectivity index (χ3n) is 3.78. The van der Waals surface area contributed by atoms with Gasteiger partial charge in [-0.05, 0) is 37.5 Å². The van der Waals surface area contributed by atoms with Gasteiger partial charge in [-0.1, -0.05) is 6.07 Å². The monoisotopic (exact) mass is 324 g/mol. The van der Waals surface area contributed by atoms with Crippen LogP contribution in [0.2, 0.25) is 0 Å². The summed E-state index contributed by atoms with van der Waals surface area (Å²) in [7, 11) is 0. The van der Waals surface area contributed by atoms with Crippen LogP contribution in [0.4, 0.5) is 0 Å². The Hall–Kier alpha value is -1.63. The molecule has 0 saturated carbocycles. The number of nitrogens with zero attached hydrogens (tertiary/aromatic N) is 1. The van der Waals surface area contributed by atoms with Crippen molar-refractivity contribution in [3.8, 4) is 0 Å². The van der Waals surface area contributed by atoms with Crippen molar-refractivity contribution >= 4 is 29.3 Å². The van der Waals surface area contributed by atoms with Crippen molar-refractivity contribution < 1.29 is 9.53 Å². The van der Waals surface area contributed by atoms with Gasteiger partial charge in [0.1, 0.15) is 11.9 Å². The maximum absolute atomic E-state index is 12.0. The van der Waals surface area contributed by atoms with Gasteiger partial charge in [-0.3, -0.25) is 4.79 Å². The first-order valence-corrected chi connectivity index (χ1v) is 7.24. The molecule has 3 rings (SSSR count). The fraction of sp³-hybridized carbons (Fsp3) is 0.467. The molecule has 0 radical (unpaired) electrons. The molecule has 1 fully saturated rings. The van der Waals surface area contributed by atoms with E-state index < -0.39 is 0 Å². The Bertz CT molecular complexity index is 658. The minimum Gasteiger partial charge on any atom is -0.364 e. The highest BCUT2D eigenvalue weighted by molar-refractivity contribution is 5.85. The lowest BCUT2D eigenvalue weighted by atomic mass is 10.2. The van der Waals surface area contributed by atoms with Gasteiger partial charge < -0.3 is 20.8 Å². The molecule has 2 heterocycles. The minimum atomic E-state index is -0.384. The summed E-state index contributed by atoms with van der Waals surface area (Å²) < 4.78 is 5.57. The lowest BCUT2D eigenvalue weighted by Gasteiger charge is -2.11. The second-order valence-corrected chi connectivity index (χ2v) is 5.48. The Morgan fingerprint density at radius 3 is 3.05 bits per heavy atom. The number of hydrogen-bond acceptors (Lipinski definition) is 4. The van der Waals surface area contributed by atoms with Gasteiger partial charge in [-0.2, -0.15) is 0 Å². The molecule has 120 valence electrons. The van der Waals surface area contributed by atoms with Crippen LogP contribution in [0.1, 0.15) is 24.2 Å². The highest BCUT2D eigenvalue weighted by atomic mass is 35.5. The molecule has 0 bridgehead atoms. The summed E-state index contributed by atoms with van der Waals surface area (Å²) in [6, 6.07) is 6.03. The molecule has 1 aromatic heterocycles. The van der Waals surface area contributed by atoms with E-state index in [0.717, 1.165) is 29.7 Å². The van der Waals surface area contributed by atoms with Crippen molar-refractivity contribution in [3.63, 3.8) is 0 Å². The van der Waals surface area contributed by atoms with Crippen molar-refractivity contribution in [1.29, 1.82) is 0 Å². The van der Waals surface area contributed by atoms with Crippen LogP contribution in [0, 0.1) is 6.92 Å². The molecular formula is C15H21ClN4O2. The fourth-order valence-corrected chi connectivity index (χ4v) is 2.62. The van der Waals surface area contributed by atoms with Crippen LogP contribution in [-0.2, 0) is 16.1 Å². The van der Waals surface area contributed by atoms with E-state index >= 15 is 0 Å². The number of halogens is 1. The lowest BCUT2D eigenvalue weighted by Crippen LogP contribution is -2.35. The summed E-state index contributed by atoms with van der Waals surface area (Å²) in [6.45, 7) is 2.87. The van der Waals surface area contributed by atoms with Crippen LogP contribution in [0.3, 0.4) is 0 Å². The van der Waals surface area contributed by atoms with Crippen molar-refractivity contribution in [1.82, 2.24) is 15.3 Å². The second-order valence-electron chi connectivity index (χ2n) is 5.48. The van der Waals surface area contributed by atoms with Gasteiger partial charge in [-0.15, -0.1) is 12.4 Å². The molecule has 0 spiro atoms. The van der Waals surface area contributed by atoms with E-state index in [-0.39, 0.29) is 30.5 Å². The molecule has 1 saturated heterocycles. The molecule has 1 amide bonds. The zero-order valence-corrected chi connectivity index (χ0v) is 13.3. The molecule has 2 aromatic rings. The van der Waals surface area contributed by atoms with E-state index in [4.69, 9.17) is 10.5 Å². The highest BCUT2D eigenvalue weighted by Crippen LogP contribution is 2.19. The van der Waals surface area contributed by atoms with Crippen LogP contribution in [0.5, 0.6) is 0 Å². The van der Waals surface area contributed by atoms with E-state index in [9.17, 15) is 4.79 Å². The molecule has 0 unspecified atom stereocenters. The van der Waals surface area contributed by atoms with Crippen LogP contribution < -0.4 is 11.1 Å². The molecule has 7 heteroatoms. The van der Waals surface area contributed by atoms with E-state index in [0.29, 0.717) is 13.1 Å². The number of aromatic nitrogens is 2. The average molecular weight is 325 g/mol. The number of amides is 1. The molecule has 1 aliphatic rings. The lowest BCUT2D eigenvalue weighted by molar-refractivity contribution is -0.132. The first-order chi connectivity index (χ1) is 10.2. The predicted octanol–water partition coefficient (Wildman–Crippen LogP) is 1.42. The number of carbonyl (C=O) groups excluding carboxylic acids is 1. The summed E-state index contributed by atoms with van der Waals surface area (Å²) >= 11 is 0. The maximum Gasteiger partial charge on any atom is 0.249 e. The highest BCUT2D eigenvalue weighted by Gasteiger charge is 2.29. The zero-order valence-electron chi connectivity index (χ0n) is 12.5. The number of fused-ring (bicyclic) bond motifs is 1. The number of aryl methyl sites for hydroxylation is 1. The standard InChI is InChI=1S/C15H20N4O2.ClH/c1-9-2-4-11-12(6-9)19-14(18-11)8-17-15(20)13-5-3-10(7-16)21-13;/h2,4,6,10,13H,3,5,7-8,16H2,1H3,(H,17,20)(H,18,19);1H/t10-,13+;/m1./s1. The molecule has 6 nitrogen and oxygen atoms in total. The smallest absolute Gasteiger partial charge is 0.249 e. The summed E-state index contributed by atoms with van der Waals surface area (Å²) in [5.41, 5.74) is 8.61. The molecule has 22 heavy (non-hydrogen) atoms. The van der Waals surface area contributed by atoms with Crippen molar-refractivity contribution in [2.24, 2.45) is 5.73 Å². The number of benzene rings is 1. The molecule has 4 N–H and O–H groups in total. The van der Waals surface area contributed by atoms with E-state index in [1.165, 1.54) is 5.56 Å². The van der Waals surface area contributed by atoms with Crippen LogP contribution in [0.25, 0.3) is 11.0 Å². The maximum atomic E-state index is 12.0. The Labute approximate surface area is 135 Å². The van der Waals surface area contributed by atoms with Gasteiger partial charge in [0.25, 0.3) is 0 Å². The molecule has 1 aromatic carbocycles. The van der Waals surface area contributed by atoms with Gasteiger partial charge in [0, 0.05) is 6.54 Å². The molecular weight excluding hydrogens is 304 g/mol. The Balaban J connectivity index is 0.00000176. The summed E-state index contributed by atoms with van der Waals surface area (Å²) in [6.07, 6.45) is 1.20. The average Bonchev–Trinajstić information content (AvgIpc) is 3.10. The van der Waals surface area contributed by atoms with Gasteiger partial charge >= 0.3 is 0 Å². The predicted molar refractivity (Wildman–Crippen MR) is 86.9 cm³/mol. The normalized spacial score (nSPS) is 20.8. The first-order valence-electron chi connectivity index (χ1n) is 7.24. The molecule has 0 aliphatic carbocycles. The van der Waals surface area contributed by atoms with Crippen LogP contribution in [-0.4, -0.2) is 34.6 Å². The number of H-pyrrole nitrogens is 1. The third-order valence-corrected chi connectivity index (χ3v) is 3.78. The number of carbonyl (C=O) groups is 1. The first kappa shape index (κ1) is 16.7. The quantitative estimate of drug-likeness (QED) is 0.793. The number of ether oxygens (including phenoxy) is 1. The number of rotatable bonds is 4. The SMILES string of the molecule is Cc1ccc2nc(CNC(=O)[C@@H]3CC[C@H](CN)O3)[nH]c2c1.Cl. The molecule has 1 aliphatic heterocycles. The number of aromatic amines is 1. The number of nitrogens with two attached hydrogens (primary N) is 1. The minimum absolute atomic E-state index is 0. The topological polar surface area (TPSA) is 93.0 Å².